The molecular formula is C22H27F6N3O3. The molecule has 1 aromatic carbocycles. The van der Waals surface area contributed by atoms with Crippen LogP contribution in [-0.4, -0.2) is 36.7 Å². The first-order valence-electron chi connectivity index (χ1n) is 10.8. The lowest BCUT2D eigenvalue weighted by Crippen LogP contribution is -2.45. The number of halogens is 6. The molecule has 0 radical (unpaired) electrons. The second-order valence-electron chi connectivity index (χ2n) is 9.86. The molecular weight excluding hydrogens is 468 g/mol. The smallest absolute Gasteiger partial charge is 0.416 e. The predicted octanol–water partition coefficient (Wildman–Crippen LogP) is 4.23. The van der Waals surface area contributed by atoms with Crippen molar-refractivity contribution in [3.05, 3.63) is 34.9 Å². The third kappa shape index (κ3) is 5.94. The molecule has 0 spiro atoms. The number of ether oxygens (including phenoxy) is 1. The first-order valence-corrected chi connectivity index (χ1v) is 10.8. The molecule has 3 N–H and O–H groups in total. The fraction of sp³-hybridized carbons (Fsp3) is 0.636. The Hall–Kier alpha value is -2.50. The van der Waals surface area contributed by atoms with Crippen molar-refractivity contribution in [2.45, 2.75) is 64.2 Å². The summed E-state index contributed by atoms with van der Waals surface area (Å²) in [6.45, 7) is 5.44. The second-order valence-corrected chi connectivity index (χ2v) is 9.86. The van der Waals surface area contributed by atoms with Gasteiger partial charge in [-0.2, -0.15) is 26.3 Å². The normalized spacial score (nSPS) is 25.1. The summed E-state index contributed by atoms with van der Waals surface area (Å²) in [5, 5.41) is 8.37. The van der Waals surface area contributed by atoms with E-state index in [4.69, 9.17) is 4.74 Å². The fourth-order valence-electron chi connectivity index (χ4n) is 4.65. The number of rotatable bonds is 4. The van der Waals surface area contributed by atoms with Gasteiger partial charge in [0.2, 0.25) is 5.91 Å². The van der Waals surface area contributed by atoms with Gasteiger partial charge in [-0.1, -0.05) is 0 Å². The van der Waals surface area contributed by atoms with E-state index in [1.165, 1.54) is 0 Å². The summed E-state index contributed by atoms with van der Waals surface area (Å²) < 4.78 is 83.8. The van der Waals surface area contributed by atoms with E-state index in [0.29, 0.717) is 25.1 Å². The molecule has 190 valence electrons. The molecule has 12 heteroatoms. The van der Waals surface area contributed by atoms with Gasteiger partial charge in [-0.05, 0) is 69.8 Å². The van der Waals surface area contributed by atoms with Gasteiger partial charge < -0.3 is 20.7 Å². The number of amides is 2. The molecule has 2 fully saturated rings. The third-order valence-corrected chi connectivity index (χ3v) is 6.07. The zero-order valence-corrected chi connectivity index (χ0v) is 18.9. The highest BCUT2D eigenvalue weighted by atomic mass is 19.4. The second kappa shape index (κ2) is 8.94. The molecule has 1 saturated carbocycles. The van der Waals surface area contributed by atoms with Gasteiger partial charge in [-0.25, -0.2) is 4.79 Å². The Balaban J connectivity index is 1.72. The average molecular weight is 495 g/mol. The van der Waals surface area contributed by atoms with Crippen LogP contribution >= 0.6 is 0 Å². The highest BCUT2D eigenvalue weighted by Crippen LogP contribution is 2.46. The van der Waals surface area contributed by atoms with Crippen molar-refractivity contribution in [2.75, 3.05) is 13.1 Å². The van der Waals surface area contributed by atoms with Crippen LogP contribution < -0.4 is 16.0 Å². The Morgan fingerprint density at radius 2 is 1.65 bits per heavy atom. The number of hydrogen-bond acceptors (Lipinski definition) is 4. The van der Waals surface area contributed by atoms with E-state index < -0.39 is 53.0 Å². The number of fused-ring (bicyclic) bond motifs is 1. The maximum Gasteiger partial charge on any atom is 0.416 e. The van der Waals surface area contributed by atoms with Crippen molar-refractivity contribution in [3.63, 3.8) is 0 Å². The molecule has 0 aromatic heterocycles. The van der Waals surface area contributed by atoms with Gasteiger partial charge in [-0.15, -0.1) is 0 Å². The Morgan fingerprint density at radius 3 is 2.18 bits per heavy atom. The molecule has 2 aliphatic rings. The van der Waals surface area contributed by atoms with Crippen LogP contribution in [0.3, 0.4) is 0 Å². The van der Waals surface area contributed by atoms with Crippen LogP contribution in [0.2, 0.25) is 0 Å². The van der Waals surface area contributed by atoms with Crippen LogP contribution in [0, 0.1) is 11.3 Å². The molecule has 3 unspecified atom stereocenters. The van der Waals surface area contributed by atoms with Gasteiger partial charge in [-0.3, -0.25) is 4.79 Å². The minimum absolute atomic E-state index is 0.0465. The van der Waals surface area contributed by atoms with Crippen LogP contribution in [0.1, 0.15) is 50.3 Å². The van der Waals surface area contributed by atoms with Crippen molar-refractivity contribution in [3.8, 4) is 0 Å². The fourth-order valence-corrected chi connectivity index (χ4v) is 4.65. The number of carbonyl (C=O) groups excluding carboxylic acids is 2. The Bertz CT molecular complexity index is 909. The van der Waals surface area contributed by atoms with Crippen molar-refractivity contribution in [1.29, 1.82) is 0 Å². The lowest BCUT2D eigenvalue weighted by Gasteiger charge is -2.27. The summed E-state index contributed by atoms with van der Waals surface area (Å²) in [6.07, 6.45) is -9.80. The number of nitrogens with one attached hydrogen (secondary N) is 3. The van der Waals surface area contributed by atoms with Gasteiger partial charge in [0.05, 0.1) is 16.5 Å². The van der Waals surface area contributed by atoms with E-state index in [0.717, 1.165) is 0 Å². The molecule has 1 saturated heterocycles. The quantitative estimate of drug-likeness (QED) is 0.547. The summed E-state index contributed by atoms with van der Waals surface area (Å²) in [5.41, 5.74) is -4.82. The number of benzene rings is 1. The minimum Gasteiger partial charge on any atom is -0.444 e. The van der Waals surface area contributed by atoms with Gasteiger partial charge in [0, 0.05) is 19.1 Å². The Labute approximate surface area is 192 Å². The van der Waals surface area contributed by atoms with Crippen molar-refractivity contribution in [1.82, 2.24) is 16.0 Å². The number of alkyl carbamates (subject to hydrolysis) is 1. The molecule has 2 amide bonds. The minimum atomic E-state index is -4.97. The van der Waals surface area contributed by atoms with Crippen LogP contribution in [0.15, 0.2) is 18.2 Å². The van der Waals surface area contributed by atoms with Crippen LogP contribution in [0.25, 0.3) is 0 Å². The van der Waals surface area contributed by atoms with Gasteiger partial charge in [0.1, 0.15) is 5.60 Å². The molecule has 3 atom stereocenters. The van der Waals surface area contributed by atoms with E-state index in [1.807, 2.05) is 0 Å². The van der Waals surface area contributed by atoms with E-state index in [-0.39, 0.29) is 36.6 Å². The van der Waals surface area contributed by atoms with Crippen LogP contribution in [0.5, 0.6) is 0 Å². The highest BCUT2D eigenvalue weighted by Gasteiger charge is 2.55. The van der Waals surface area contributed by atoms with Gasteiger partial charge in [0.15, 0.2) is 0 Å². The largest absolute Gasteiger partial charge is 0.444 e. The molecule has 1 heterocycles. The number of hydrogen-bond donors (Lipinski definition) is 3. The van der Waals surface area contributed by atoms with E-state index in [1.54, 1.807) is 20.8 Å². The molecule has 1 aliphatic heterocycles. The first kappa shape index (κ1) is 26.1. The van der Waals surface area contributed by atoms with E-state index >= 15 is 0 Å². The van der Waals surface area contributed by atoms with Crippen molar-refractivity contribution < 1.29 is 40.7 Å². The van der Waals surface area contributed by atoms with E-state index in [9.17, 15) is 35.9 Å². The van der Waals surface area contributed by atoms with E-state index in [2.05, 4.69) is 16.0 Å². The standard InChI is InChI=1S/C22H27F6N3O3/c1-19(2,3)34-18(33)31-16-7-15-10-29-11-20(15,8-16)17(32)30-9-12-4-13(21(23,24)25)6-14(5-12)22(26,27)28/h4-6,15-16,29H,7-11H2,1-3H3,(H,30,32)(H,31,33). The first-order chi connectivity index (χ1) is 15.5. The molecule has 1 aliphatic carbocycles. The topological polar surface area (TPSA) is 79.5 Å². The van der Waals surface area contributed by atoms with Crippen LogP contribution in [-0.2, 0) is 28.4 Å². The van der Waals surface area contributed by atoms with Crippen molar-refractivity contribution >= 4 is 12.0 Å². The zero-order valence-electron chi connectivity index (χ0n) is 18.9. The average Bonchev–Trinajstić information content (AvgIpc) is 3.20. The van der Waals surface area contributed by atoms with Crippen molar-refractivity contribution in [2.24, 2.45) is 11.3 Å². The van der Waals surface area contributed by atoms with Crippen LogP contribution in [0.4, 0.5) is 31.1 Å². The highest BCUT2D eigenvalue weighted by molar-refractivity contribution is 5.84. The lowest BCUT2D eigenvalue weighted by atomic mass is 9.79. The molecule has 1 aromatic rings. The summed E-state index contributed by atoms with van der Waals surface area (Å²) in [7, 11) is 0. The summed E-state index contributed by atoms with van der Waals surface area (Å²) in [5.74, 6) is -0.637. The summed E-state index contributed by atoms with van der Waals surface area (Å²) in [4.78, 5) is 25.2. The molecule has 34 heavy (non-hydrogen) atoms. The monoisotopic (exact) mass is 495 g/mol. The van der Waals surface area contributed by atoms with Gasteiger partial charge in [0.25, 0.3) is 0 Å². The Morgan fingerprint density at radius 1 is 1.06 bits per heavy atom. The SMILES string of the molecule is CC(C)(C)OC(=O)NC1CC2CNCC2(C(=O)NCc2cc(C(F)(F)F)cc(C(F)(F)F)c2)C1. The maximum absolute atomic E-state index is 13.1. The Kier molecular flexibility index (Phi) is 6.86. The lowest BCUT2D eigenvalue weighted by molar-refractivity contribution is -0.143. The molecule has 3 rings (SSSR count). The third-order valence-electron chi connectivity index (χ3n) is 6.07. The summed E-state index contributed by atoms with van der Waals surface area (Å²) >= 11 is 0. The predicted molar refractivity (Wildman–Crippen MR) is 109 cm³/mol. The summed E-state index contributed by atoms with van der Waals surface area (Å²) in [6, 6.07) is 0.890. The maximum atomic E-state index is 13.1. The zero-order chi connectivity index (χ0) is 25.5. The van der Waals surface area contributed by atoms with Gasteiger partial charge >= 0.3 is 18.4 Å². The number of alkyl halides is 6. The molecule has 0 bridgehead atoms. The molecule has 6 nitrogen and oxygen atoms in total. The number of carbonyl (C=O) groups is 2.